The smallest absolute Gasteiger partial charge is 0.400 e. The summed E-state index contributed by atoms with van der Waals surface area (Å²) < 4.78 is 38.0. The van der Waals surface area contributed by atoms with Gasteiger partial charge in [-0.25, -0.2) is 0 Å². The molecule has 2 atom stereocenters. The molecule has 106 valence electrons. The molecule has 0 bridgehead atoms. The van der Waals surface area contributed by atoms with Crippen LogP contribution < -0.4 is 11.1 Å². The van der Waals surface area contributed by atoms with Gasteiger partial charge in [0.1, 0.15) is 5.92 Å². The summed E-state index contributed by atoms with van der Waals surface area (Å²) in [6, 6.07) is 4.78. The SMILES string of the molecule is C[C@@H](NCC(/C(N)=N/O)C(F)(F)F)c1ccccn1. The van der Waals surface area contributed by atoms with E-state index in [1.807, 2.05) is 0 Å². The number of rotatable bonds is 5. The summed E-state index contributed by atoms with van der Waals surface area (Å²) in [6.07, 6.45) is -3.02. The van der Waals surface area contributed by atoms with Gasteiger partial charge in [-0.15, -0.1) is 0 Å². The predicted octanol–water partition coefficient (Wildman–Crippen LogP) is 1.66. The van der Waals surface area contributed by atoms with Gasteiger partial charge < -0.3 is 16.3 Å². The minimum Gasteiger partial charge on any atom is -0.409 e. The number of alkyl halides is 3. The van der Waals surface area contributed by atoms with Gasteiger partial charge in [0.2, 0.25) is 0 Å². The lowest BCUT2D eigenvalue weighted by Gasteiger charge is -2.21. The van der Waals surface area contributed by atoms with Crippen molar-refractivity contribution in [3.8, 4) is 0 Å². The Bertz CT molecular complexity index is 422. The van der Waals surface area contributed by atoms with Crippen LogP contribution in [0.5, 0.6) is 0 Å². The summed E-state index contributed by atoms with van der Waals surface area (Å²) >= 11 is 0. The number of nitrogens with one attached hydrogen (secondary N) is 1. The number of hydrogen-bond acceptors (Lipinski definition) is 4. The maximum absolute atomic E-state index is 12.7. The van der Waals surface area contributed by atoms with Crippen LogP contribution in [0, 0.1) is 5.92 Å². The third-order valence-corrected chi connectivity index (χ3v) is 2.63. The molecule has 0 amide bonds. The first kappa shape index (κ1) is 15.2. The largest absolute Gasteiger partial charge is 0.409 e. The van der Waals surface area contributed by atoms with E-state index in [0.29, 0.717) is 5.69 Å². The molecule has 4 N–H and O–H groups in total. The van der Waals surface area contributed by atoms with Crippen LogP contribution in [-0.2, 0) is 0 Å². The Hall–Kier alpha value is -1.83. The summed E-state index contributed by atoms with van der Waals surface area (Å²) in [5.41, 5.74) is 5.67. The van der Waals surface area contributed by atoms with Crippen molar-refractivity contribution in [2.24, 2.45) is 16.8 Å². The van der Waals surface area contributed by atoms with Crippen LogP contribution in [-0.4, -0.2) is 28.7 Å². The Morgan fingerprint density at radius 3 is 2.68 bits per heavy atom. The van der Waals surface area contributed by atoms with Crippen LogP contribution in [0.4, 0.5) is 13.2 Å². The average Bonchev–Trinajstić information content (AvgIpc) is 2.37. The zero-order valence-corrected chi connectivity index (χ0v) is 10.2. The molecule has 0 saturated heterocycles. The summed E-state index contributed by atoms with van der Waals surface area (Å²) in [5.74, 6) is -2.91. The van der Waals surface area contributed by atoms with Crippen LogP contribution in [0.25, 0.3) is 0 Å². The molecule has 19 heavy (non-hydrogen) atoms. The van der Waals surface area contributed by atoms with E-state index in [9.17, 15) is 13.2 Å². The molecular weight excluding hydrogens is 261 g/mol. The third kappa shape index (κ3) is 4.40. The lowest BCUT2D eigenvalue weighted by Crippen LogP contribution is -2.43. The second kappa shape index (κ2) is 6.37. The van der Waals surface area contributed by atoms with E-state index >= 15 is 0 Å². The minimum absolute atomic E-state index is 0.377. The van der Waals surface area contributed by atoms with Gasteiger partial charge >= 0.3 is 6.18 Å². The fourth-order valence-corrected chi connectivity index (χ4v) is 1.49. The first-order valence-corrected chi connectivity index (χ1v) is 5.54. The Labute approximate surface area is 108 Å². The molecule has 1 aromatic heterocycles. The van der Waals surface area contributed by atoms with E-state index in [1.54, 1.807) is 31.3 Å². The normalized spacial score (nSPS) is 16.1. The number of aromatic nitrogens is 1. The maximum atomic E-state index is 12.7. The van der Waals surface area contributed by atoms with Gasteiger partial charge in [-0.1, -0.05) is 11.2 Å². The fourth-order valence-electron chi connectivity index (χ4n) is 1.49. The summed E-state index contributed by atoms with van der Waals surface area (Å²) in [4.78, 5) is 4.03. The zero-order valence-electron chi connectivity index (χ0n) is 10.2. The number of nitrogens with two attached hydrogens (primary N) is 1. The Kier molecular flexibility index (Phi) is 5.11. The van der Waals surface area contributed by atoms with E-state index < -0.39 is 24.5 Å². The van der Waals surface area contributed by atoms with Crippen molar-refractivity contribution in [3.63, 3.8) is 0 Å². The lowest BCUT2D eigenvalue weighted by atomic mass is 10.1. The highest BCUT2D eigenvalue weighted by Gasteiger charge is 2.42. The van der Waals surface area contributed by atoms with Crippen LogP contribution in [0.3, 0.4) is 0 Å². The molecule has 1 heterocycles. The van der Waals surface area contributed by atoms with E-state index in [2.05, 4.69) is 15.5 Å². The van der Waals surface area contributed by atoms with Crippen molar-refractivity contribution >= 4 is 5.84 Å². The average molecular weight is 276 g/mol. The van der Waals surface area contributed by atoms with Gasteiger partial charge in [-0.05, 0) is 19.1 Å². The number of halogens is 3. The van der Waals surface area contributed by atoms with Crippen molar-refractivity contribution in [1.82, 2.24) is 10.3 Å². The highest BCUT2D eigenvalue weighted by Crippen LogP contribution is 2.26. The molecule has 0 aliphatic carbocycles. The number of amidine groups is 1. The molecule has 1 rings (SSSR count). The van der Waals surface area contributed by atoms with Gasteiger partial charge in [0.25, 0.3) is 0 Å². The quantitative estimate of drug-likeness (QED) is 0.330. The molecule has 0 radical (unpaired) electrons. The number of hydrogen-bond donors (Lipinski definition) is 3. The zero-order chi connectivity index (χ0) is 14.5. The Morgan fingerprint density at radius 1 is 1.53 bits per heavy atom. The summed E-state index contributed by atoms with van der Waals surface area (Å²) in [7, 11) is 0. The highest BCUT2D eigenvalue weighted by molar-refractivity contribution is 5.83. The number of nitrogens with zero attached hydrogens (tertiary/aromatic N) is 2. The third-order valence-electron chi connectivity index (χ3n) is 2.63. The molecule has 0 aromatic carbocycles. The van der Waals surface area contributed by atoms with Gasteiger partial charge in [0.15, 0.2) is 5.84 Å². The Morgan fingerprint density at radius 2 is 2.21 bits per heavy atom. The monoisotopic (exact) mass is 276 g/mol. The van der Waals surface area contributed by atoms with Gasteiger partial charge in [0.05, 0.1) is 5.69 Å². The van der Waals surface area contributed by atoms with Crippen LogP contribution in [0.15, 0.2) is 29.6 Å². The van der Waals surface area contributed by atoms with Crippen molar-refractivity contribution in [2.75, 3.05) is 6.54 Å². The van der Waals surface area contributed by atoms with Crippen LogP contribution in [0.2, 0.25) is 0 Å². The molecule has 8 heteroatoms. The van der Waals surface area contributed by atoms with Gasteiger partial charge in [-0.2, -0.15) is 13.2 Å². The Balaban J connectivity index is 2.68. The highest BCUT2D eigenvalue weighted by atomic mass is 19.4. The molecule has 0 aliphatic heterocycles. The molecule has 1 unspecified atom stereocenters. The molecule has 1 aromatic rings. The van der Waals surface area contributed by atoms with Crippen LogP contribution in [0.1, 0.15) is 18.7 Å². The predicted molar refractivity (Wildman–Crippen MR) is 63.6 cm³/mol. The molecule has 0 aliphatic rings. The fraction of sp³-hybridized carbons (Fsp3) is 0.455. The summed E-state index contributed by atoms with van der Waals surface area (Å²) in [5, 5.41) is 13.5. The molecule has 0 fully saturated rings. The van der Waals surface area contributed by atoms with E-state index in [-0.39, 0.29) is 6.04 Å². The van der Waals surface area contributed by atoms with Crippen molar-refractivity contribution in [1.29, 1.82) is 0 Å². The molecule has 0 saturated carbocycles. The molecular formula is C11H15F3N4O. The topological polar surface area (TPSA) is 83.5 Å². The molecule has 5 nitrogen and oxygen atoms in total. The van der Waals surface area contributed by atoms with Gasteiger partial charge in [0, 0.05) is 18.8 Å². The maximum Gasteiger partial charge on any atom is 0.400 e. The van der Waals surface area contributed by atoms with Crippen molar-refractivity contribution < 1.29 is 18.4 Å². The van der Waals surface area contributed by atoms with E-state index in [0.717, 1.165) is 0 Å². The first-order chi connectivity index (χ1) is 8.86. The first-order valence-electron chi connectivity index (χ1n) is 5.54. The van der Waals surface area contributed by atoms with Crippen LogP contribution >= 0.6 is 0 Å². The van der Waals surface area contributed by atoms with Crippen molar-refractivity contribution in [3.05, 3.63) is 30.1 Å². The standard InChI is InChI=1S/C11H15F3N4O/c1-7(9-4-2-3-5-16-9)17-6-8(10(15)18-19)11(12,13)14/h2-5,7-8,17,19H,6H2,1H3,(H2,15,18)/t7-,8?/m1/s1. The number of oxime groups is 1. The second-order valence-electron chi connectivity index (χ2n) is 4.00. The lowest BCUT2D eigenvalue weighted by molar-refractivity contribution is -0.155. The minimum atomic E-state index is -4.58. The van der Waals surface area contributed by atoms with E-state index in [1.165, 1.54) is 0 Å². The second-order valence-corrected chi connectivity index (χ2v) is 4.00. The van der Waals surface area contributed by atoms with Gasteiger partial charge in [-0.3, -0.25) is 4.98 Å². The summed E-state index contributed by atoms with van der Waals surface area (Å²) in [6.45, 7) is 1.19. The van der Waals surface area contributed by atoms with Crippen molar-refractivity contribution in [2.45, 2.75) is 19.1 Å². The van der Waals surface area contributed by atoms with E-state index in [4.69, 9.17) is 10.9 Å². The number of pyridine rings is 1. The molecule has 0 spiro atoms.